The van der Waals surface area contributed by atoms with Crippen LogP contribution in [0.4, 0.5) is 15.3 Å². The number of halogens is 1. The lowest BCUT2D eigenvalue weighted by Gasteiger charge is -2.30. The van der Waals surface area contributed by atoms with Gasteiger partial charge in [0.25, 0.3) is 0 Å². The highest BCUT2D eigenvalue weighted by atomic mass is 35.5. The van der Waals surface area contributed by atoms with Gasteiger partial charge in [-0.05, 0) is 76.1 Å². The van der Waals surface area contributed by atoms with Crippen LogP contribution in [0.2, 0.25) is 5.02 Å². The lowest BCUT2D eigenvalue weighted by atomic mass is 10.0. The van der Waals surface area contributed by atoms with E-state index in [1.54, 1.807) is 36.4 Å². The summed E-state index contributed by atoms with van der Waals surface area (Å²) in [6, 6.07) is 9.71. The maximum absolute atomic E-state index is 12.9. The number of urea groups is 2. The van der Waals surface area contributed by atoms with Crippen LogP contribution in [-0.4, -0.2) is 40.2 Å². The van der Waals surface area contributed by atoms with Crippen LogP contribution in [0.15, 0.2) is 42.5 Å². The molecule has 10 nitrogen and oxygen atoms in total. The Hall–Kier alpha value is -3.50. The molecule has 0 aliphatic rings. The number of ether oxygens (including phenoxy) is 1. The summed E-state index contributed by atoms with van der Waals surface area (Å²) in [5.74, 6) is -1.38. The molecule has 190 valence electrons. The Labute approximate surface area is 209 Å². The molecule has 0 aromatic heterocycles. The minimum atomic E-state index is -1.13. The number of nitrogens with one attached hydrogen (secondary N) is 4. The van der Waals surface area contributed by atoms with Gasteiger partial charge in [0.1, 0.15) is 5.75 Å². The van der Waals surface area contributed by atoms with Gasteiger partial charge in [0.2, 0.25) is 0 Å². The maximum atomic E-state index is 12.9. The fourth-order valence-electron chi connectivity index (χ4n) is 3.09. The molecule has 35 heavy (non-hydrogen) atoms. The second-order valence-corrected chi connectivity index (χ2v) is 8.79. The highest BCUT2D eigenvalue weighted by Gasteiger charge is 2.33. The van der Waals surface area contributed by atoms with E-state index >= 15 is 0 Å². The van der Waals surface area contributed by atoms with Crippen LogP contribution in [0.1, 0.15) is 38.8 Å². The molecule has 2 aromatic rings. The molecule has 11 heteroatoms. The summed E-state index contributed by atoms with van der Waals surface area (Å²) in [6.45, 7) is 8.81. The number of rotatable bonds is 10. The Balaban J connectivity index is 2.04. The van der Waals surface area contributed by atoms with Crippen molar-refractivity contribution in [3.05, 3.63) is 58.6 Å². The average Bonchev–Trinajstić information content (AvgIpc) is 2.79. The van der Waals surface area contributed by atoms with E-state index in [0.29, 0.717) is 10.7 Å². The second kappa shape index (κ2) is 12.8. The molecule has 0 aliphatic heterocycles. The molecule has 0 saturated carbocycles. The third kappa shape index (κ3) is 8.34. The van der Waals surface area contributed by atoms with E-state index in [2.05, 4.69) is 21.7 Å². The van der Waals surface area contributed by atoms with Gasteiger partial charge in [-0.3, -0.25) is 10.2 Å². The standard InChI is InChI=1S/C24H32ClN5O5/c1-14(2)35-21-11-10-20(12-15(21)3)27-29-28-24(34)30(17(5)16(4)22(31)32)23(33)26-13-18-6-8-19(25)9-7-18/h6-12,14,16-17,27,29H,13H2,1-5H3,(H,26,33)(H,28,34)(H,31,32)/t16-,17-/m0/s1. The van der Waals surface area contributed by atoms with Crippen molar-refractivity contribution in [1.82, 2.24) is 21.2 Å². The number of aliphatic carboxylic acids is 1. The maximum Gasteiger partial charge on any atom is 0.341 e. The molecule has 0 heterocycles. The Morgan fingerprint density at radius 2 is 1.69 bits per heavy atom. The summed E-state index contributed by atoms with van der Waals surface area (Å²) in [5.41, 5.74) is 10.1. The Morgan fingerprint density at radius 3 is 2.26 bits per heavy atom. The molecule has 0 radical (unpaired) electrons. The van der Waals surface area contributed by atoms with Gasteiger partial charge in [-0.15, -0.1) is 5.53 Å². The quantitative estimate of drug-likeness (QED) is 0.304. The van der Waals surface area contributed by atoms with E-state index in [9.17, 15) is 19.5 Å². The molecule has 0 spiro atoms. The van der Waals surface area contributed by atoms with Crippen LogP contribution in [0.25, 0.3) is 0 Å². The molecule has 0 aliphatic carbocycles. The Bertz CT molecular complexity index is 1030. The van der Waals surface area contributed by atoms with Gasteiger partial charge >= 0.3 is 18.0 Å². The van der Waals surface area contributed by atoms with E-state index in [1.807, 2.05) is 26.8 Å². The lowest BCUT2D eigenvalue weighted by molar-refractivity contribution is -0.142. The van der Waals surface area contributed by atoms with Gasteiger partial charge < -0.3 is 20.6 Å². The number of amides is 4. The predicted octanol–water partition coefficient (Wildman–Crippen LogP) is 4.30. The van der Waals surface area contributed by atoms with Gasteiger partial charge in [0, 0.05) is 11.6 Å². The summed E-state index contributed by atoms with van der Waals surface area (Å²) in [6.07, 6.45) is 0.0388. The van der Waals surface area contributed by atoms with Crippen molar-refractivity contribution < 1.29 is 24.2 Å². The van der Waals surface area contributed by atoms with Gasteiger partial charge in [-0.2, -0.15) is 0 Å². The fraction of sp³-hybridized carbons (Fsp3) is 0.375. The number of nitrogens with zero attached hydrogens (tertiary/aromatic N) is 1. The number of benzene rings is 2. The second-order valence-electron chi connectivity index (χ2n) is 8.35. The van der Waals surface area contributed by atoms with E-state index in [4.69, 9.17) is 16.3 Å². The topological polar surface area (TPSA) is 132 Å². The minimum absolute atomic E-state index is 0.0388. The van der Waals surface area contributed by atoms with Gasteiger partial charge in [0.15, 0.2) is 0 Å². The number of imide groups is 1. The molecule has 2 atom stereocenters. The first kappa shape index (κ1) is 27.7. The van der Waals surface area contributed by atoms with Crippen LogP contribution < -0.4 is 26.4 Å². The monoisotopic (exact) mass is 505 g/mol. The molecule has 0 fully saturated rings. The average molecular weight is 506 g/mol. The number of aryl methyl sites for hydroxylation is 1. The number of hydrogen-bond acceptors (Lipinski definition) is 6. The SMILES string of the molecule is Cc1cc(NNNC(=O)N(C(=O)NCc2ccc(Cl)cc2)[C@@H](C)[C@H](C)C(=O)O)ccc1OC(C)C. The van der Waals surface area contributed by atoms with Crippen molar-refractivity contribution in [2.24, 2.45) is 5.92 Å². The summed E-state index contributed by atoms with van der Waals surface area (Å²) in [7, 11) is 0. The molecular weight excluding hydrogens is 474 g/mol. The lowest BCUT2D eigenvalue weighted by Crippen LogP contribution is -2.58. The fourth-order valence-corrected chi connectivity index (χ4v) is 3.21. The summed E-state index contributed by atoms with van der Waals surface area (Å²) in [5, 5.41) is 12.6. The van der Waals surface area contributed by atoms with E-state index in [1.165, 1.54) is 13.8 Å². The largest absolute Gasteiger partial charge is 0.491 e. The first-order valence-corrected chi connectivity index (χ1v) is 11.5. The molecule has 2 rings (SSSR count). The zero-order valence-corrected chi connectivity index (χ0v) is 21.1. The summed E-state index contributed by atoms with van der Waals surface area (Å²) < 4.78 is 5.71. The van der Waals surface area contributed by atoms with Crippen molar-refractivity contribution in [3.8, 4) is 5.75 Å². The normalized spacial score (nSPS) is 12.4. The molecule has 0 bridgehead atoms. The molecule has 0 unspecified atom stereocenters. The summed E-state index contributed by atoms with van der Waals surface area (Å²) in [4.78, 5) is 38.0. The molecule has 5 N–H and O–H groups in total. The number of hydrogen-bond donors (Lipinski definition) is 5. The Morgan fingerprint density at radius 1 is 1.03 bits per heavy atom. The van der Waals surface area contributed by atoms with E-state index < -0.39 is 30.0 Å². The van der Waals surface area contributed by atoms with Crippen LogP contribution in [-0.2, 0) is 11.3 Å². The number of carboxylic acids is 1. The first-order valence-electron chi connectivity index (χ1n) is 11.1. The predicted molar refractivity (Wildman–Crippen MR) is 134 cm³/mol. The first-order chi connectivity index (χ1) is 16.5. The van der Waals surface area contributed by atoms with Crippen molar-refractivity contribution in [3.63, 3.8) is 0 Å². The van der Waals surface area contributed by atoms with Crippen LogP contribution in [0.5, 0.6) is 5.75 Å². The van der Waals surface area contributed by atoms with Gasteiger partial charge in [0.05, 0.1) is 23.8 Å². The van der Waals surface area contributed by atoms with Crippen molar-refractivity contribution in [2.75, 3.05) is 5.43 Å². The van der Waals surface area contributed by atoms with Crippen molar-refractivity contribution in [1.29, 1.82) is 0 Å². The minimum Gasteiger partial charge on any atom is -0.491 e. The highest BCUT2D eigenvalue weighted by Crippen LogP contribution is 2.22. The van der Waals surface area contributed by atoms with Crippen LogP contribution in [0, 0.1) is 12.8 Å². The molecule has 2 aromatic carbocycles. The highest BCUT2D eigenvalue weighted by molar-refractivity contribution is 6.30. The zero-order valence-electron chi connectivity index (χ0n) is 20.4. The third-order valence-electron chi connectivity index (χ3n) is 5.23. The molecular formula is C24H32ClN5O5. The van der Waals surface area contributed by atoms with E-state index in [-0.39, 0.29) is 12.6 Å². The number of carbonyl (C=O) groups is 3. The number of carbonyl (C=O) groups excluding carboxylic acids is 2. The zero-order chi connectivity index (χ0) is 26.1. The Kier molecular flexibility index (Phi) is 10.2. The molecule has 4 amide bonds. The van der Waals surface area contributed by atoms with Gasteiger partial charge in [-0.25, -0.2) is 14.5 Å². The third-order valence-corrected chi connectivity index (χ3v) is 5.48. The van der Waals surface area contributed by atoms with Crippen molar-refractivity contribution >= 4 is 35.3 Å². The number of carboxylic acid groups (broad SMARTS) is 1. The van der Waals surface area contributed by atoms with Gasteiger partial charge in [-0.1, -0.05) is 23.7 Å². The summed E-state index contributed by atoms with van der Waals surface area (Å²) >= 11 is 5.88. The molecule has 0 saturated heterocycles. The number of hydrazine groups is 2. The van der Waals surface area contributed by atoms with E-state index in [0.717, 1.165) is 21.8 Å². The van der Waals surface area contributed by atoms with Crippen molar-refractivity contribution in [2.45, 2.75) is 53.3 Å². The van der Waals surface area contributed by atoms with Crippen LogP contribution >= 0.6 is 11.6 Å². The van der Waals surface area contributed by atoms with Crippen LogP contribution in [0.3, 0.4) is 0 Å². The number of anilines is 1. The smallest absolute Gasteiger partial charge is 0.341 e.